The van der Waals surface area contributed by atoms with Crippen LogP contribution in [0.1, 0.15) is 6.42 Å². The first kappa shape index (κ1) is 15.2. The van der Waals surface area contributed by atoms with E-state index in [1.54, 1.807) is 0 Å². The maximum absolute atomic E-state index is 11.9. The van der Waals surface area contributed by atoms with Crippen LogP contribution >= 0.6 is 0 Å². The van der Waals surface area contributed by atoms with Gasteiger partial charge in [0.2, 0.25) is 11.8 Å². The second-order valence-electron chi connectivity index (χ2n) is 5.53. The largest absolute Gasteiger partial charge is 0.355 e. The average molecular weight is 283 g/mol. The van der Waals surface area contributed by atoms with E-state index in [0.29, 0.717) is 13.1 Å². The molecule has 1 unspecified atom stereocenters. The van der Waals surface area contributed by atoms with E-state index in [-0.39, 0.29) is 24.4 Å². The van der Waals surface area contributed by atoms with E-state index in [1.165, 1.54) is 0 Å². The monoisotopic (exact) mass is 283 g/mol. The molecule has 2 aliphatic rings. The number of nitrogens with zero attached hydrogens (tertiary/aromatic N) is 2. The summed E-state index contributed by atoms with van der Waals surface area (Å²) in [5.41, 5.74) is 0. The van der Waals surface area contributed by atoms with E-state index in [1.807, 2.05) is 0 Å². The van der Waals surface area contributed by atoms with E-state index in [4.69, 9.17) is 0 Å². The quantitative estimate of drug-likeness (QED) is 0.501. The van der Waals surface area contributed by atoms with Crippen LogP contribution in [0.5, 0.6) is 0 Å². The first-order valence-electron chi connectivity index (χ1n) is 7.34. The van der Waals surface area contributed by atoms with Gasteiger partial charge in [-0.15, -0.1) is 0 Å². The van der Waals surface area contributed by atoms with Crippen LogP contribution < -0.4 is 16.0 Å². The number of carbonyl (C=O) groups is 2. The van der Waals surface area contributed by atoms with Crippen LogP contribution in [-0.2, 0) is 9.59 Å². The van der Waals surface area contributed by atoms with E-state index < -0.39 is 0 Å². The van der Waals surface area contributed by atoms with Crippen molar-refractivity contribution in [1.29, 1.82) is 0 Å². The summed E-state index contributed by atoms with van der Waals surface area (Å²) in [6, 6.07) is -0.295. The van der Waals surface area contributed by atoms with Gasteiger partial charge in [-0.2, -0.15) is 0 Å². The Labute approximate surface area is 120 Å². The minimum Gasteiger partial charge on any atom is -0.355 e. The molecule has 2 aliphatic heterocycles. The number of rotatable bonds is 5. The molecule has 3 N–H and O–H groups in total. The predicted molar refractivity (Wildman–Crippen MR) is 76.4 cm³/mol. The molecule has 1 atom stereocenters. The van der Waals surface area contributed by atoms with Crippen molar-refractivity contribution in [3.63, 3.8) is 0 Å². The third-order valence-corrected chi connectivity index (χ3v) is 3.88. The van der Waals surface area contributed by atoms with E-state index in [9.17, 15) is 9.59 Å². The first-order valence-corrected chi connectivity index (χ1v) is 7.34. The fourth-order valence-corrected chi connectivity index (χ4v) is 2.46. The molecule has 0 aromatic carbocycles. The van der Waals surface area contributed by atoms with Crippen LogP contribution in [0.15, 0.2) is 0 Å². The molecule has 0 aliphatic carbocycles. The molecule has 0 aromatic heterocycles. The second-order valence-corrected chi connectivity index (χ2v) is 5.53. The van der Waals surface area contributed by atoms with Crippen LogP contribution in [-0.4, -0.2) is 87.1 Å². The molecule has 2 fully saturated rings. The number of piperazine rings is 2. The smallest absolute Gasteiger partial charge is 0.238 e. The Morgan fingerprint density at radius 2 is 2.10 bits per heavy atom. The highest BCUT2D eigenvalue weighted by Crippen LogP contribution is 1.99. The summed E-state index contributed by atoms with van der Waals surface area (Å²) < 4.78 is 0. The third kappa shape index (κ3) is 4.73. The summed E-state index contributed by atoms with van der Waals surface area (Å²) in [6.07, 6.45) is 0.967. The Bertz CT molecular complexity index is 332. The molecular formula is C13H25N5O2. The van der Waals surface area contributed by atoms with Crippen molar-refractivity contribution < 1.29 is 9.59 Å². The summed E-state index contributed by atoms with van der Waals surface area (Å²) in [7, 11) is 2.15. The minimum absolute atomic E-state index is 0.0247. The highest BCUT2D eigenvalue weighted by atomic mass is 16.2. The lowest BCUT2D eigenvalue weighted by Gasteiger charge is -2.32. The van der Waals surface area contributed by atoms with Crippen molar-refractivity contribution in [2.75, 3.05) is 59.4 Å². The van der Waals surface area contributed by atoms with Gasteiger partial charge in [-0.3, -0.25) is 14.9 Å². The summed E-state index contributed by atoms with van der Waals surface area (Å²) in [5.74, 6) is -0.0764. The van der Waals surface area contributed by atoms with Crippen molar-refractivity contribution in [3.8, 4) is 0 Å². The van der Waals surface area contributed by atoms with Gasteiger partial charge in [-0.25, -0.2) is 0 Å². The van der Waals surface area contributed by atoms with Crippen LogP contribution in [0.4, 0.5) is 0 Å². The van der Waals surface area contributed by atoms with Crippen LogP contribution in [0.3, 0.4) is 0 Å². The van der Waals surface area contributed by atoms with Crippen LogP contribution in [0, 0.1) is 0 Å². The van der Waals surface area contributed by atoms with Gasteiger partial charge < -0.3 is 20.4 Å². The summed E-state index contributed by atoms with van der Waals surface area (Å²) in [5, 5.41) is 8.53. The van der Waals surface area contributed by atoms with Crippen molar-refractivity contribution >= 4 is 11.8 Å². The molecule has 0 radical (unpaired) electrons. The van der Waals surface area contributed by atoms with Gasteiger partial charge in [0.15, 0.2) is 0 Å². The fraction of sp³-hybridized carbons (Fsp3) is 0.846. The lowest BCUT2D eigenvalue weighted by molar-refractivity contribution is -0.126. The molecule has 0 bridgehead atoms. The van der Waals surface area contributed by atoms with Gasteiger partial charge in [-0.05, 0) is 20.0 Å². The van der Waals surface area contributed by atoms with Crippen LogP contribution in [0.2, 0.25) is 0 Å². The van der Waals surface area contributed by atoms with Gasteiger partial charge in [0.25, 0.3) is 0 Å². The summed E-state index contributed by atoms with van der Waals surface area (Å²) in [4.78, 5) is 27.6. The topological polar surface area (TPSA) is 76.7 Å². The molecule has 7 heteroatoms. The lowest BCUT2D eigenvalue weighted by atomic mass is 10.2. The lowest BCUT2D eigenvalue weighted by Crippen LogP contribution is -2.58. The maximum atomic E-state index is 11.9. The number of carbonyl (C=O) groups excluding carboxylic acids is 2. The molecule has 0 aromatic rings. The standard InChI is InChI=1S/C13H25N5O2/c1-17-5-7-18(8-6-17)4-2-3-14-13(20)11-9-16-12(19)10-15-11/h11,15H,2-10H2,1H3,(H,14,20)(H,16,19). The number of nitrogens with one attached hydrogen (secondary N) is 3. The van der Waals surface area contributed by atoms with Gasteiger partial charge in [0.05, 0.1) is 6.54 Å². The third-order valence-electron chi connectivity index (χ3n) is 3.88. The predicted octanol–water partition coefficient (Wildman–Crippen LogP) is -2.17. The Morgan fingerprint density at radius 3 is 2.75 bits per heavy atom. The van der Waals surface area contributed by atoms with Crippen molar-refractivity contribution in [2.45, 2.75) is 12.5 Å². The minimum atomic E-state index is -0.295. The van der Waals surface area contributed by atoms with Gasteiger partial charge in [-0.1, -0.05) is 0 Å². The molecule has 114 valence electrons. The number of hydrogen-bond acceptors (Lipinski definition) is 5. The summed E-state index contributed by atoms with van der Waals surface area (Å²) in [6.45, 7) is 6.79. The number of amides is 2. The SMILES string of the molecule is CN1CCN(CCCNC(=O)C2CNC(=O)CN2)CC1. The molecular weight excluding hydrogens is 258 g/mol. The molecule has 0 saturated carbocycles. The first-order chi connectivity index (χ1) is 9.65. The molecule has 2 rings (SSSR count). The second kappa shape index (κ2) is 7.56. The highest BCUT2D eigenvalue weighted by Gasteiger charge is 2.23. The van der Waals surface area contributed by atoms with Crippen molar-refractivity contribution in [3.05, 3.63) is 0 Å². The zero-order chi connectivity index (χ0) is 14.4. The molecule has 7 nitrogen and oxygen atoms in total. The number of likely N-dealkylation sites (N-methyl/N-ethyl adjacent to an activating group) is 1. The molecule has 20 heavy (non-hydrogen) atoms. The van der Waals surface area contributed by atoms with E-state index >= 15 is 0 Å². The van der Waals surface area contributed by atoms with Crippen molar-refractivity contribution in [1.82, 2.24) is 25.8 Å². The Balaban J connectivity index is 1.54. The molecule has 2 amide bonds. The van der Waals surface area contributed by atoms with E-state index in [0.717, 1.165) is 39.1 Å². The van der Waals surface area contributed by atoms with Crippen molar-refractivity contribution in [2.24, 2.45) is 0 Å². The molecule has 0 spiro atoms. The maximum Gasteiger partial charge on any atom is 0.238 e. The molecule has 2 saturated heterocycles. The Hall–Kier alpha value is -1.18. The average Bonchev–Trinajstić information content (AvgIpc) is 2.46. The Morgan fingerprint density at radius 1 is 1.35 bits per heavy atom. The zero-order valence-corrected chi connectivity index (χ0v) is 12.2. The van der Waals surface area contributed by atoms with Gasteiger partial charge in [0.1, 0.15) is 6.04 Å². The normalized spacial score (nSPS) is 25.2. The summed E-state index contributed by atoms with van der Waals surface area (Å²) >= 11 is 0. The van der Waals surface area contributed by atoms with Crippen LogP contribution in [0.25, 0.3) is 0 Å². The van der Waals surface area contributed by atoms with Gasteiger partial charge in [0, 0.05) is 39.3 Å². The number of hydrogen-bond donors (Lipinski definition) is 3. The zero-order valence-electron chi connectivity index (χ0n) is 12.2. The fourth-order valence-electron chi connectivity index (χ4n) is 2.46. The highest BCUT2D eigenvalue weighted by molar-refractivity contribution is 5.86. The molecule has 2 heterocycles. The Kier molecular flexibility index (Phi) is 5.75. The van der Waals surface area contributed by atoms with E-state index in [2.05, 4.69) is 32.8 Å². The van der Waals surface area contributed by atoms with Gasteiger partial charge >= 0.3 is 0 Å².